The predicted octanol–water partition coefficient (Wildman–Crippen LogP) is 3.85. The van der Waals surface area contributed by atoms with Gasteiger partial charge in [0.15, 0.2) is 0 Å². The molecule has 27 heavy (non-hydrogen) atoms. The van der Waals surface area contributed by atoms with Crippen molar-refractivity contribution >= 4 is 11.1 Å². The van der Waals surface area contributed by atoms with Crippen LogP contribution in [-0.2, 0) is 0 Å². The van der Waals surface area contributed by atoms with E-state index in [-0.39, 0.29) is 5.57 Å². The normalized spacial score (nSPS) is 11.5. The Morgan fingerprint density at radius 3 is 2.33 bits per heavy atom. The number of rotatable bonds is 1. The van der Waals surface area contributed by atoms with E-state index in [1.54, 1.807) is 12.1 Å². The van der Waals surface area contributed by atoms with Crippen molar-refractivity contribution in [1.29, 1.82) is 10.5 Å². The third-order valence-corrected chi connectivity index (χ3v) is 4.79. The van der Waals surface area contributed by atoms with Gasteiger partial charge >= 0.3 is 0 Å². The van der Waals surface area contributed by atoms with Gasteiger partial charge in [-0.25, -0.2) is 0 Å². The van der Waals surface area contributed by atoms with E-state index in [0.29, 0.717) is 11.0 Å². The molecule has 0 saturated heterocycles. The molecule has 0 fully saturated rings. The van der Waals surface area contributed by atoms with E-state index in [0.717, 1.165) is 27.7 Å². The van der Waals surface area contributed by atoms with Crippen molar-refractivity contribution in [2.75, 3.05) is 0 Å². The summed E-state index contributed by atoms with van der Waals surface area (Å²) in [5.74, 6) is 1.43. The highest BCUT2D eigenvalue weighted by atomic mass is 16.5. The van der Waals surface area contributed by atoms with Gasteiger partial charge in [-0.3, -0.25) is 0 Å². The molecule has 128 valence electrons. The Morgan fingerprint density at radius 1 is 0.815 bits per heavy atom. The average molecular weight is 348 g/mol. The summed E-state index contributed by atoms with van der Waals surface area (Å²) in [7, 11) is 0. The van der Waals surface area contributed by atoms with Gasteiger partial charge in [-0.1, -0.05) is 48.0 Å². The zero-order valence-electron chi connectivity index (χ0n) is 15.1. The van der Waals surface area contributed by atoms with E-state index >= 15 is 0 Å². The van der Waals surface area contributed by atoms with Gasteiger partial charge in [0.25, 0.3) is 0 Å². The number of fused-ring (bicyclic) bond motifs is 2. The van der Waals surface area contributed by atoms with Crippen LogP contribution in [0.2, 0.25) is 0 Å². The second-order valence-electron chi connectivity index (χ2n) is 6.60. The van der Waals surface area contributed by atoms with Crippen molar-refractivity contribution in [2.24, 2.45) is 0 Å². The van der Waals surface area contributed by atoms with E-state index in [9.17, 15) is 10.5 Å². The Balaban J connectivity index is 2.14. The highest BCUT2D eigenvalue weighted by molar-refractivity contribution is 5.86. The van der Waals surface area contributed by atoms with Crippen LogP contribution < -0.4 is 15.2 Å². The molecule has 0 aromatic heterocycles. The standard InChI is InChI=1S/C24H16N2O/c1-15-7-9-19(16(2)11-15)24-20-5-3-4-6-22(20)27-23-12-17(8-10-21(23)24)18(13-25)14-26/h3-12H,1-2H3. The summed E-state index contributed by atoms with van der Waals surface area (Å²) in [4.78, 5) is 0. The largest absolute Gasteiger partial charge is 0.456 e. The molecule has 3 aromatic carbocycles. The Bertz CT molecular complexity index is 1270. The molecule has 0 bridgehead atoms. The molecule has 0 radical (unpaired) electrons. The fraction of sp³-hybridized carbons (Fsp3) is 0.0833. The molecule has 0 N–H and O–H groups in total. The molecular formula is C24H16N2O. The van der Waals surface area contributed by atoms with Gasteiger partial charge in [0.1, 0.15) is 29.2 Å². The van der Waals surface area contributed by atoms with E-state index in [4.69, 9.17) is 4.74 Å². The molecule has 3 nitrogen and oxygen atoms in total. The quantitative estimate of drug-likeness (QED) is 0.525. The lowest BCUT2D eigenvalue weighted by Crippen LogP contribution is -2.20. The molecule has 0 spiro atoms. The molecule has 4 rings (SSSR count). The smallest absolute Gasteiger partial charge is 0.137 e. The number of para-hydroxylation sites is 1. The van der Waals surface area contributed by atoms with Crippen LogP contribution in [0.5, 0.6) is 11.5 Å². The second-order valence-corrected chi connectivity index (χ2v) is 6.60. The monoisotopic (exact) mass is 348 g/mol. The molecule has 0 aliphatic carbocycles. The first-order valence-corrected chi connectivity index (χ1v) is 8.66. The maximum absolute atomic E-state index is 9.18. The Hall–Kier alpha value is -3.82. The van der Waals surface area contributed by atoms with Crippen LogP contribution in [0.15, 0.2) is 60.7 Å². The average Bonchev–Trinajstić information content (AvgIpc) is 2.67. The number of aryl methyl sites for hydroxylation is 2. The van der Waals surface area contributed by atoms with E-state index in [1.165, 1.54) is 11.1 Å². The summed E-state index contributed by atoms with van der Waals surface area (Å²) in [5.41, 5.74) is 5.78. The first-order valence-electron chi connectivity index (χ1n) is 8.66. The number of hydrogen-bond acceptors (Lipinski definition) is 3. The third-order valence-electron chi connectivity index (χ3n) is 4.79. The van der Waals surface area contributed by atoms with Gasteiger partial charge in [0.05, 0.1) is 0 Å². The Kier molecular flexibility index (Phi) is 3.99. The molecular weight excluding hydrogens is 332 g/mol. The zero-order chi connectivity index (χ0) is 19.0. The lowest BCUT2D eigenvalue weighted by atomic mass is 9.89. The van der Waals surface area contributed by atoms with Gasteiger partial charge in [0.2, 0.25) is 0 Å². The number of nitriles is 2. The molecule has 1 aliphatic heterocycles. The van der Waals surface area contributed by atoms with Crippen molar-refractivity contribution in [2.45, 2.75) is 13.8 Å². The fourth-order valence-electron chi connectivity index (χ4n) is 3.53. The lowest BCUT2D eigenvalue weighted by molar-refractivity contribution is 0.472. The summed E-state index contributed by atoms with van der Waals surface area (Å²) in [5, 5.41) is 19.9. The SMILES string of the molecule is Cc1ccc(C2=c3ccc(=C(C#N)C#N)cc3Oc3ccccc32)c(C)c1. The molecule has 0 amide bonds. The first-order chi connectivity index (χ1) is 13.1. The number of hydrogen-bond donors (Lipinski definition) is 0. The molecule has 0 unspecified atom stereocenters. The molecule has 1 heterocycles. The van der Waals surface area contributed by atoms with Crippen molar-refractivity contribution < 1.29 is 4.74 Å². The Morgan fingerprint density at radius 2 is 1.59 bits per heavy atom. The number of benzene rings is 3. The number of nitrogens with zero attached hydrogens (tertiary/aromatic N) is 2. The molecule has 0 saturated carbocycles. The van der Waals surface area contributed by atoms with Crippen molar-refractivity contribution in [3.8, 4) is 23.6 Å². The van der Waals surface area contributed by atoms with E-state index in [2.05, 4.69) is 38.1 Å². The minimum absolute atomic E-state index is 0.0772. The molecule has 1 aliphatic rings. The van der Waals surface area contributed by atoms with Gasteiger partial charge in [-0.2, -0.15) is 10.5 Å². The van der Waals surface area contributed by atoms with Gasteiger partial charge in [-0.15, -0.1) is 0 Å². The highest BCUT2D eigenvalue weighted by Crippen LogP contribution is 2.36. The van der Waals surface area contributed by atoms with Crippen LogP contribution in [0, 0.1) is 36.5 Å². The van der Waals surface area contributed by atoms with Crippen LogP contribution in [-0.4, -0.2) is 0 Å². The molecule has 3 aromatic rings. The van der Waals surface area contributed by atoms with E-state index < -0.39 is 0 Å². The Labute approximate surface area is 157 Å². The topological polar surface area (TPSA) is 56.8 Å². The summed E-state index contributed by atoms with van der Waals surface area (Å²) < 4.78 is 6.12. The predicted molar refractivity (Wildman–Crippen MR) is 104 cm³/mol. The van der Waals surface area contributed by atoms with Crippen LogP contribution in [0.4, 0.5) is 0 Å². The van der Waals surface area contributed by atoms with Crippen molar-refractivity contribution in [1.82, 2.24) is 0 Å². The maximum Gasteiger partial charge on any atom is 0.137 e. The summed E-state index contributed by atoms with van der Waals surface area (Å²) in [6, 6.07) is 23.8. The van der Waals surface area contributed by atoms with Gasteiger partial charge in [0, 0.05) is 21.6 Å². The van der Waals surface area contributed by atoms with Crippen LogP contribution in [0.1, 0.15) is 22.3 Å². The highest BCUT2D eigenvalue weighted by Gasteiger charge is 2.20. The van der Waals surface area contributed by atoms with E-state index in [1.807, 2.05) is 36.4 Å². The van der Waals surface area contributed by atoms with Gasteiger partial charge < -0.3 is 4.74 Å². The lowest BCUT2D eigenvalue weighted by Gasteiger charge is -2.22. The summed E-state index contributed by atoms with van der Waals surface area (Å²) in [6.07, 6.45) is 0. The van der Waals surface area contributed by atoms with Crippen LogP contribution in [0.3, 0.4) is 0 Å². The number of ether oxygens (including phenoxy) is 1. The maximum atomic E-state index is 9.18. The minimum Gasteiger partial charge on any atom is -0.456 e. The summed E-state index contributed by atoms with van der Waals surface area (Å²) >= 11 is 0. The second kappa shape index (κ2) is 6.48. The molecule has 3 heteroatoms. The van der Waals surface area contributed by atoms with Gasteiger partial charge in [-0.05, 0) is 43.2 Å². The minimum atomic E-state index is 0.0772. The molecule has 0 atom stereocenters. The van der Waals surface area contributed by atoms with Crippen LogP contribution in [0.25, 0.3) is 11.1 Å². The van der Waals surface area contributed by atoms with Crippen LogP contribution >= 0.6 is 0 Å². The third kappa shape index (κ3) is 2.76. The van der Waals surface area contributed by atoms with Crippen molar-refractivity contribution in [3.63, 3.8) is 0 Å². The fourth-order valence-corrected chi connectivity index (χ4v) is 3.53. The zero-order valence-corrected chi connectivity index (χ0v) is 15.1. The summed E-state index contributed by atoms with van der Waals surface area (Å²) in [6.45, 7) is 4.19. The van der Waals surface area contributed by atoms with Crippen molar-refractivity contribution in [3.05, 3.63) is 93.4 Å². The first kappa shape index (κ1) is 16.6.